The summed E-state index contributed by atoms with van der Waals surface area (Å²) in [5.41, 5.74) is 0.158. The standard InChI is InChI=1S/C13H14FO/c1-4-5-10-15-13(2,3)11-6-8-12(14)9-7-11/h1,6-9H,2,5,10H2,3H3. The minimum absolute atomic E-state index is 0.266. The van der Waals surface area contributed by atoms with E-state index in [4.69, 9.17) is 11.2 Å². The minimum Gasteiger partial charge on any atom is -0.370 e. The summed E-state index contributed by atoms with van der Waals surface area (Å²) in [7, 11) is 0. The van der Waals surface area contributed by atoms with Crippen LogP contribution in [0.25, 0.3) is 0 Å². The van der Waals surface area contributed by atoms with Gasteiger partial charge in [0.15, 0.2) is 0 Å². The number of hydrogen-bond acceptors (Lipinski definition) is 1. The van der Waals surface area contributed by atoms with E-state index in [1.165, 1.54) is 12.1 Å². The third kappa shape index (κ3) is 3.38. The summed E-state index contributed by atoms with van der Waals surface area (Å²) >= 11 is 0. The first-order valence-electron chi connectivity index (χ1n) is 4.75. The Hall–Kier alpha value is -1.33. The van der Waals surface area contributed by atoms with Crippen LogP contribution in [0.15, 0.2) is 24.3 Å². The highest BCUT2D eigenvalue weighted by Crippen LogP contribution is 2.24. The Balaban J connectivity index is 2.68. The topological polar surface area (TPSA) is 9.23 Å². The van der Waals surface area contributed by atoms with Crippen molar-refractivity contribution in [2.75, 3.05) is 6.61 Å². The average molecular weight is 205 g/mol. The number of terminal acetylenes is 1. The zero-order valence-corrected chi connectivity index (χ0v) is 8.79. The van der Waals surface area contributed by atoms with Gasteiger partial charge in [0.05, 0.1) is 12.2 Å². The molecule has 1 unspecified atom stereocenters. The molecule has 0 fully saturated rings. The first-order chi connectivity index (χ1) is 7.06. The van der Waals surface area contributed by atoms with Crippen LogP contribution in [-0.4, -0.2) is 6.61 Å². The Labute approximate surface area is 90.3 Å². The Morgan fingerprint density at radius 3 is 2.60 bits per heavy atom. The fourth-order valence-corrected chi connectivity index (χ4v) is 1.22. The number of halogens is 1. The quantitative estimate of drug-likeness (QED) is 0.542. The van der Waals surface area contributed by atoms with Crippen molar-refractivity contribution in [3.63, 3.8) is 0 Å². The summed E-state index contributed by atoms with van der Waals surface area (Å²) in [6.45, 7) is 6.21. The Kier molecular flexibility index (Phi) is 3.88. The summed E-state index contributed by atoms with van der Waals surface area (Å²) in [6, 6.07) is 6.11. The molecule has 0 saturated carbocycles. The molecule has 0 aliphatic carbocycles. The summed E-state index contributed by atoms with van der Waals surface area (Å²) in [5.74, 6) is 2.22. The lowest BCUT2D eigenvalue weighted by Crippen LogP contribution is -2.22. The molecule has 0 amide bonds. The monoisotopic (exact) mass is 205 g/mol. The number of hydrogen-bond donors (Lipinski definition) is 0. The Bertz CT molecular complexity index is 346. The van der Waals surface area contributed by atoms with Crippen molar-refractivity contribution < 1.29 is 9.13 Å². The zero-order chi connectivity index (χ0) is 11.3. The fraction of sp³-hybridized carbons (Fsp3) is 0.308. The van der Waals surface area contributed by atoms with E-state index >= 15 is 0 Å². The largest absolute Gasteiger partial charge is 0.370 e. The molecule has 0 saturated heterocycles. The van der Waals surface area contributed by atoms with E-state index in [-0.39, 0.29) is 5.82 Å². The van der Waals surface area contributed by atoms with Crippen LogP contribution in [0, 0.1) is 25.1 Å². The second kappa shape index (κ2) is 4.95. The molecule has 79 valence electrons. The van der Waals surface area contributed by atoms with E-state index in [1.807, 2.05) is 6.92 Å². The number of ether oxygens (including phenoxy) is 1. The van der Waals surface area contributed by atoms with Crippen LogP contribution in [0.5, 0.6) is 0 Å². The molecule has 0 bridgehead atoms. The van der Waals surface area contributed by atoms with Gasteiger partial charge in [-0.3, -0.25) is 0 Å². The van der Waals surface area contributed by atoms with E-state index in [0.29, 0.717) is 13.0 Å². The van der Waals surface area contributed by atoms with Gasteiger partial charge in [-0.1, -0.05) is 12.1 Å². The van der Waals surface area contributed by atoms with Gasteiger partial charge in [-0.05, 0) is 31.5 Å². The van der Waals surface area contributed by atoms with Gasteiger partial charge >= 0.3 is 0 Å². The SMILES string of the molecule is C#CCCOC([CH2])(C)c1ccc(F)cc1. The molecule has 0 spiro atoms. The van der Waals surface area contributed by atoms with Gasteiger partial charge in [0.2, 0.25) is 0 Å². The molecule has 1 aromatic rings. The molecule has 1 nitrogen and oxygen atoms in total. The molecule has 0 aliphatic rings. The summed E-state index contributed by atoms with van der Waals surface area (Å²) < 4.78 is 18.2. The molecule has 1 aromatic carbocycles. The van der Waals surface area contributed by atoms with Crippen molar-refractivity contribution in [1.29, 1.82) is 0 Å². The van der Waals surface area contributed by atoms with Crippen molar-refractivity contribution >= 4 is 0 Å². The molecule has 2 heteroatoms. The van der Waals surface area contributed by atoms with Crippen LogP contribution < -0.4 is 0 Å². The van der Waals surface area contributed by atoms with E-state index < -0.39 is 5.60 Å². The van der Waals surface area contributed by atoms with Crippen molar-refractivity contribution in [2.24, 2.45) is 0 Å². The van der Waals surface area contributed by atoms with Gasteiger partial charge in [0.25, 0.3) is 0 Å². The smallest absolute Gasteiger partial charge is 0.123 e. The zero-order valence-electron chi connectivity index (χ0n) is 8.79. The highest BCUT2D eigenvalue weighted by molar-refractivity contribution is 5.23. The minimum atomic E-state index is -0.676. The molecule has 0 heterocycles. The summed E-state index contributed by atoms with van der Waals surface area (Å²) in [5, 5.41) is 0. The van der Waals surface area contributed by atoms with Crippen molar-refractivity contribution in [3.05, 3.63) is 42.6 Å². The van der Waals surface area contributed by atoms with Gasteiger partial charge in [-0.15, -0.1) is 12.3 Å². The van der Waals surface area contributed by atoms with Crippen LogP contribution in [0.2, 0.25) is 0 Å². The average Bonchev–Trinajstić information content (AvgIpc) is 2.18. The molecule has 1 radical (unpaired) electrons. The molecule has 0 aliphatic heterocycles. The van der Waals surface area contributed by atoms with Crippen molar-refractivity contribution in [3.8, 4) is 12.3 Å². The van der Waals surface area contributed by atoms with Crippen LogP contribution in [0.4, 0.5) is 4.39 Å². The Morgan fingerprint density at radius 1 is 1.47 bits per heavy atom. The van der Waals surface area contributed by atoms with Crippen LogP contribution in [-0.2, 0) is 10.3 Å². The molecule has 15 heavy (non-hydrogen) atoms. The number of rotatable bonds is 4. The predicted octanol–water partition coefficient (Wildman–Crippen LogP) is 2.91. The Morgan fingerprint density at radius 2 is 2.07 bits per heavy atom. The van der Waals surface area contributed by atoms with Crippen LogP contribution >= 0.6 is 0 Å². The van der Waals surface area contributed by atoms with Gasteiger partial charge < -0.3 is 4.74 Å². The predicted molar refractivity (Wildman–Crippen MR) is 58.5 cm³/mol. The van der Waals surface area contributed by atoms with Crippen LogP contribution in [0.3, 0.4) is 0 Å². The molecule has 0 aromatic heterocycles. The van der Waals surface area contributed by atoms with Crippen molar-refractivity contribution in [1.82, 2.24) is 0 Å². The van der Waals surface area contributed by atoms with E-state index in [2.05, 4.69) is 12.8 Å². The van der Waals surface area contributed by atoms with Gasteiger partial charge in [-0.25, -0.2) is 4.39 Å². The third-order valence-corrected chi connectivity index (χ3v) is 2.12. The van der Waals surface area contributed by atoms with Crippen molar-refractivity contribution in [2.45, 2.75) is 18.9 Å². The normalized spacial score (nSPS) is 11.1. The maximum Gasteiger partial charge on any atom is 0.123 e. The fourth-order valence-electron chi connectivity index (χ4n) is 1.22. The first-order valence-corrected chi connectivity index (χ1v) is 4.75. The van der Waals surface area contributed by atoms with E-state index in [9.17, 15) is 4.39 Å². The van der Waals surface area contributed by atoms with E-state index in [0.717, 1.165) is 5.56 Å². The lowest BCUT2D eigenvalue weighted by molar-refractivity contribution is 0.00303. The molecular weight excluding hydrogens is 191 g/mol. The van der Waals surface area contributed by atoms with E-state index in [1.54, 1.807) is 12.1 Å². The van der Waals surface area contributed by atoms with Gasteiger partial charge in [0, 0.05) is 6.42 Å². The van der Waals surface area contributed by atoms with Gasteiger partial charge in [-0.2, -0.15) is 0 Å². The lowest BCUT2D eigenvalue weighted by Gasteiger charge is -2.25. The molecule has 1 rings (SSSR count). The second-order valence-electron chi connectivity index (χ2n) is 3.54. The summed E-state index contributed by atoms with van der Waals surface area (Å²) in [6.07, 6.45) is 5.66. The maximum atomic E-state index is 12.7. The second-order valence-corrected chi connectivity index (χ2v) is 3.54. The highest BCUT2D eigenvalue weighted by atomic mass is 19.1. The maximum absolute atomic E-state index is 12.7. The first kappa shape index (κ1) is 11.7. The van der Waals surface area contributed by atoms with Crippen LogP contribution in [0.1, 0.15) is 18.9 Å². The highest BCUT2D eigenvalue weighted by Gasteiger charge is 2.20. The summed E-state index contributed by atoms with van der Waals surface area (Å²) in [4.78, 5) is 0. The molecule has 1 atom stereocenters. The lowest BCUT2D eigenvalue weighted by atomic mass is 9.98. The molecule has 0 N–H and O–H groups in total. The number of benzene rings is 1. The van der Waals surface area contributed by atoms with Gasteiger partial charge in [0.1, 0.15) is 5.82 Å². The molecular formula is C13H14FO. The third-order valence-electron chi connectivity index (χ3n) is 2.12.